The first-order valence-electron chi connectivity index (χ1n) is 8.75. The fraction of sp³-hybridized carbons (Fsp3) is 0.143. The first-order chi connectivity index (χ1) is 14.0. The molecular weight excluding hydrogens is 376 g/mol. The van der Waals surface area contributed by atoms with E-state index in [1.54, 1.807) is 49.4 Å². The van der Waals surface area contributed by atoms with Crippen LogP contribution in [0.3, 0.4) is 0 Å². The van der Waals surface area contributed by atoms with Crippen molar-refractivity contribution in [1.82, 2.24) is 0 Å². The summed E-state index contributed by atoms with van der Waals surface area (Å²) < 4.78 is 10.0. The van der Waals surface area contributed by atoms with Gasteiger partial charge in [-0.2, -0.15) is 4.99 Å². The van der Waals surface area contributed by atoms with Gasteiger partial charge in [0.25, 0.3) is 5.91 Å². The summed E-state index contributed by atoms with van der Waals surface area (Å²) in [5, 5.41) is 10.7. The largest absolute Gasteiger partial charge is 0.506 e. The summed E-state index contributed by atoms with van der Waals surface area (Å²) in [4.78, 5) is 42.4. The molecule has 0 aliphatic carbocycles. The number of carbonyl (C=O) groups is 3. The molecule has 1 aliphatic heterocycles. The highest BCUT2D eigenvalue weighted by molar-refractivity contribution is 6.62. The lowest BCUT2D eigenvalue weighted by atomic mass is 10.0. The quantitative estimate of drug-likeness (QED) is 0.458. The minimum atomic E-state index is -0.953. The molecule has 0 saturated heterocycles. The molecule has 2 aromatic carbocycles. The average Bonchev–Trinajstić information content (AvgIpc) is 3.03. The Kier molecular flexibility index (Phi) is 5.73. The van der Waals surface area contributed by atoms with E-state index in [0.717, 1.165) is 4.90 Å². The topological polar surface area (TPSA) is 106 Å². The van der Waals surface area contributed by atoms with Crippen LogP contribution in [0.25, 0.3) is 5.76 Å². The second-order valence-corrected chi connectivity index (χ2v) is 5.89. The van der Waals surface area contributed by atoms with Gasteiger partial charge >= 0.3 is 12.0 Å². The number of imide groups is 1. The van der Waals surface area contributed by atoms with Gasteiger partial charge in [0, 0.05) is 5.56 Å². The molecule has 1 aliphatic rings. The van der Waals surface area contributed by atoms with Gasteiger partial charge in [-0.15, -0.1) is 0 Å². The van der Waals surface area contributed by atoms with Crippen LogP contribution in [0.5, 0.6) is 5.75 Å². The highest BCUT2D eigenvalue weighted by atomic mass is 16.5. The monoisotopic (exact) mass is 394 g/mol. The Morgan fingerprint density at radius 3 is 2.31 bits per heavy atom. The van der Waals surface area contributed by atoms with E-state index in [-0.39, 0.29) is 17.9 Å². The SMILES string of the molecule is CCOC(=O)C(C1=NC(=O)N(c2ccc(OC)cc2)C1=O)=C(O)c1ccccc1. The number of aliphatic imine (C=N–C) groups is 1. The van der Waals surface area contributed by atoms with Crippen LogP contribution < -0.4 is 9.64 Å². The van der Waals surface area contributed by atoms with Crippen molar-refractivity contribution in [2.24, 2.45) is 4.99 Å². The van der Waals surface area contributed by atoms with Gasteiger partial charge in [-0.25, -0.2) is 14.5 Å². The molecule has 0 aromatic heterocycles. The first-order valence-corrected chi connectivity index (χ1v) is 8.75. The molecule has 1 heterocycles. The normalized spacial score (nSPS) is 14.4. The number of nitrogens with zero attached hydrogens (tertiary/aromatic N) is 2. The average molecular weight is 394 g/mol. The van der Waals surface area contributed by atoms with Crippen LogP contribution in [0.2, 0.25) is 0 Å². The minimum absolute atomic E-state index is 0.0159. The zero-order valence-electron chi connectivity index (χ0n) is 15.8. The lowest BCUT2D eigenvalue weighted by molar-refractivity contribution is -0.138. The highest BCUT2D eigenvalue weighted by Crippen LogP contribution is 2.27. The number of carbonyl (C=O) groups excluding carboxylic acids is 3. The van der Waals surface area contributed by atoms with Gasteiger partial charge in [-0.05, 0) is 31.2 Å². The van der Waals surface area contributed by atoms with Crippen LogP contribution in [0.1, 0.15) is 12.5 Å². The molecule has 0 bridgehead atoms. The van der Waals surface area contributed by atoms with E-state index < -0.39 is 35.0 Å². The number of rotatable bonds is 6. The second-order valence-electron chi connectivity index (χ2n) is 5.89. The molecule has 0 atom stereocenters. The van der Waals surface area contributed by atoms with E-state index in [1.807, 2.05) is 0 Å². The number of urea groups is 1. The van der Waals surface area contributed by atoms with E-state index in [9.17, 15) is 19.5 Å². The standard InChI is InChI=1S/C21H18N2O6/c1-3-29-20(26)16(18(24)13-7-5-4-6-8-13)17-19(25)23(21(27)22-17)14-9-11-15(28-2)12-10-14/h4-12,24H,3H2,1-2H3. The van der Waals surface area contributed by atoms with Crippen LogP contribution in [0.15, 0.2) is 65.2 Å². The second kappa shape index (κ2) is 8.39. The fourth-order valence-corrected chi connectivity index (χ4v) is 2.76. The van der Waals surface area contributed by atoms with Gasteiger partial charge in [0.2, 0.25) is 0 Å². The Labute approximate surface area is 166 Å². The Balaban J connectivity index is 2.05. The van der Waals surface area contributed by atoms with E-state index in [0.29, 0.717) is 5.75 Å². The molecule has 0 radical (unpaired) electrons. The molecule has 0 spiro atoms. The van der Waals surface area contributed by atoms with Crippen LogP contribution in [-0.4, -0.2) is 42.4 Å². The summed E-state index contributed by atoms with van der Waals surface area (Å²) in [6.07, 6.45) is 0. The molecule has 0 unspecified atom stereocenters. The molecule has 0 fully saturated rings. The summed E-state index contributed by atoms with van der Waals surface area (Å²) in [7, 11) is 1.49. The molecule has 2 aromatic rings. The van der Waals surface area contributed by atoms with Gasteiger partial charge < -0.3 is 14.6 Å². The van der Waals surface area contributed by atoms with Crippen molar-refractivity contribution in [3.8, 4) is 5.75 Å². The number of anilines is 1. The van der Waals surface area contributed by atoms with Gasteiger partial charge in [0.15, 0.2) is 5.71 Å². The van der Waals surface area contributed by atoms with Crippen molar-refractivity contribution >= 4 is 35.1 Å². The van der Waals surface area contributed by atoms with Gasteiger partial charge in [0.05, 0.1) is 19.4 Å². The van der Waals surface area contributed by atoms with E-state index >= 15 is 0 Å². The zero-order valence-corrected chi connectivity index (χ0v) is 15.8. The Bertz CT molecular complexity index is 1010. The molecule has 8 heteroatoms. The molecule has 29 heavy (non-hydrogen) atoms. The Hall–Kier alpha value is -3.94. The first kappa shape index (κ1) is 19.8. The number of hydrogen-bond donors (Lipinski definition) is 1. The fourth-order valence-electron chi connectivity index (χ4n) is 2.76. The summed E-state index contributed by atoms with van der Waals surface area (Å²) in [5.41, 5.74) is -0.415. The van der Waals surface area contributed by atoms with Crippen molar-refractivity contribution < 1.29 is 29.0 Å². The van der Waals surface area contributed by atoms with E-state index in [4.69, 9.17) is 9.47 Å². The Morgan fingerprint density at radius 2 is 1.72 bits per heavy atom. The lowest BCUT2D eigenvalue weighted by Gasteiger charge is -2.14. The minimum Gasteiger partial charge on any atom is -0.506 e. The molecular formula is C21H18N2O6. The maximum atomic E-state index is 12.9. The van der Waals surface area contributed by atoms with Crippen LogP contribution >= 0.6 is 0 Å². The number of aliphatic hydroxyl groups is 1. The maximum absolute atomic E-state index is 12.9. The van der Waals surface area contributed by atoms with Crippen molar-refractivity contribution in [3.63, 3.8) is 0 Å². The number of ether oxygens (including phenoxy) is 2. The summed E-state index contributed by atoms with van der Waals surface area (Å²) in [6.45, 7) is 1.60. The third kappa shape index (κ3) is 3.86. The molecule has 148 valence electrons. The van der Waals surface area contributed by atoms with Crippen molar-refractivity contribution in [2.75, 3.05) is 18.6 Å². The van der Waals surface area contributed by atoms with Gasteiger partial charge in [-0.1, -0.05) is 30.3 Å². The highest BCUT2D eigenvalue weighted by Gasteiger charge is 2.40. The summed E-state index contributed by atoms with van der Waals surface area (Å²) >= 11 is 0. The molecule has 3 rings (SSSR count). The van der Waals surface area contributed by atoms with Crippen molar-refractivity contribution in [3.05, 3.63) is 65.7 Å². The molecule has 1 N–H and O–H groups in total. The van der Waals surface area contributed by atoms with Gasteiger partial charge in [0.1, 0.15) is 17.1 Å². The predicted octanol–water partition coefficient (Wildman–Crippen LogP) is 3.14. The van der Waals surface area contributed by atoms with Crippen molar-refractivity contribution in [2.45, 2.75) is 6.92 Å². The van der Waals surface area contributed by atoms with Crippen molar-refractivity contribution in [1.29, 1.82) is 0 Å². The maximum Gasteiger partial charge on any atom is 0.355 e. The lowest BCUT2D eigenvalue weighted by Crippen LogP contribution is -2.34. The predicted molar refractivity (Wildman–Crippen MR) is 106 cm³/mol. The van der Waals surface area contributed by atoms with Crippen LogP contribution in [0.4, 0.5) is 10.5 Å². The van der Waals surface area contributed by atoms with E-state index in [2.05, 4.69) is 4.99 Å². The molecule has 0 saturated carbocycles. The number of esters is 1. The number of amides is 3. The summed E-state index contributed by atoms with van der Waals surface area (Å²) in [5.74, 6) is -1.75. The number of aliphatic hydroxyl groups excluding tert-OH is 1. The third-order valence-corrected chi connectivity index (χ3v) is 4.14. The smallest absolute Gasteiger partial charge is 0.355 e. The van der Waals surface area contributed by atoms with Gasteiger partial charge in [-0.3, -0.25) is 4.79 Å². The number of methoxy groups -OCH3 is 1. The van der Waals surface area contributed by atoms with E-state index in [1.165, 1.54) is 19.2 Å². The number of hydrogen-bond acceptors (Lipinski definition) is 6. The van der Waals surface area contributed by atoms with Crippen LogP contribution in [-0.2, 0) is 14.3 Å². The number of benzene rings is 2. The summed E-state index contributed by atoms with van der Waals surface area (Å²) in [6, 6.07) is 13.5. The molecule has 8 nitrogen and oxygen atoms in total. The van der Waals surface area contributed by atoms with Crippen LogP contribution in [0, 0.1) is 0 Å². The Morgan fingerprint density at radius 1 is 1.07 bits per heavy atom. The zero-order chi connectivity index (χ0) is 21.0. The molecule has 3 amide bonds. The third-order valence-electron chi connectivity index (χ3n) is 4.14.